The molecule has 0 saturated carbocycles. The summed E-state index contributed by atoms with van der Waals surface area (Å²) in [6, 6.07) is 13.1. The largest absolute Gasteiger partial charge is 0.464 e. The third kappa shape index (κ3) is 3.49. The number of para-hydroxylation sites is 1. The van der Waals surface area contributed by atoms with E-state index in [1.54, 1.807) is 12.3 Å². The molecule has 1 amide bonds. The molecule has 29 heavy (non-hydrogen) atoms. The van der Waals surface area contributed by atoms with Crippen molar-refractivity contribution in [3.63, 3.8) is 0 Å². The summed E-state index contributed by atoms with van der Waals surface area (Å²) in [6.45, 7) is 4.99. The zero-order chi connectivity index (χ0) is 19.8. The van der Waals surface area contributed by atoms with Crippen LogP contribution in [0.3, 0.4) is 0 Å². The highest BCUT2D eigenvalue weighted by Crippen LogP contribution is 2.30. The zero-order valence-electron chi connectivity index (χ0n) is 16.3. The Kier molecular flexibility index (Phi) is 4.72. The molecule has 1 aromatic heterocycles. The van der Waals surface area contributed by atoms with Crippen molar-refractivity contribution >= 4 is 28.3 Å². The van der Waals surface area contributed by atoms with Gasteiger partial charge >= 0.3 is 0 Å². The topological polar surface area (TPSA) is 39.9 Å². The Morgan fingerprint density at radius 1 is 0.931 bits per heavy atom. The number of aryl methyl sites for hydroxylation is 1. The summed E-state index contributed by atoms with van der Waals surface area (Å²) in [7, 11) is 0. The average molecular weight is 393 g/mol. The Morgan fingerprint density at radius 3 is 2.62 bits per heavy atom. The van der Waals surface area contributed by atoms with Gasteiger partial charge in [0, 0.05) is 62.8 Å². The third-order valence-electron chi connectivity index (χ3n) is 6.06. The van der Waals surface area contributed by atoms with Gasteiger partial charge in [0.05, 0.1) is 12.0 Å². The van der Waals surface area contributed by atoms with E-state index in [2.05, 4.69) is 15.9 Å². The Balaban J connectivity index is 1.23. The minimum atomic E-state index is -0.271. The lowest BCUT2D eigenvalue weighted by Gasteiger charge is -2.38. The maximum Gasteiger partial charge on any atom is 0.227 e. The normalized spacial score (nSPS) is 17.8. The number of amides is 1. The number of piperazine rings is 1. The predicted molar refractivity (Wildman–Crippen MR) is 112 cm³/mol. The quantitative estimate of drug-likeness (QED) is 0.678. The van der Waals surface area contributed by atoms with Crippen LogP contribution in [0, 0.1) is 5.82 Å². The maximum atomic E-state index is 14.0. The number of halogens is 1. The molecule has 0 atom stereocenters. The van der Waals surface area contributed by atoms with Crippen molar-refractivity contribution in [1.29, 1.82) is 0 Å². The molecule has 2 aliphatic heterocycles. The molecular formula is C23H24FN3O2. The van der Waals surface area contributed by atoms with Gasteiger partial charge in [-0.25, -0.2) is 4.39 Å². The standard InChI is InChI=1S/C23H24FN3O2/c24-18-15-21(19-7-14-29-22(19)16-18)26-11-8-25(9-12-26)10-13-27-20-4-2-1-3-17(20)5-6-23(27)28/h1-4,7,14-16H,5-6,8-13H2. The van der Waals surface area contributed by atoms with Gasteiger partial charge in [-0.1, -0.05) is 18.2 Å². The molecule has 1 fully saturated rings. The lowest BCUT2D eigenvalue weighted by Crippen LogP contribution is -2.49. The number of hydrogen-bond donors (Lipinski definition) is 0. The van der Waals surface area contributed by atoms with E-state index < -0.39 is 0 Å². The molecule has 150 valence electrons. The molecule has 3 aromatic rings. The van der Waals surface area contributed by atoms with Crippen molar-refractivity contribution in [3.8, 4) is 0 Å². The molecule has 1 saturated heterocycles. The molecule has 2 aromatic carbocycles. The summed E-state index contributed by atoms with van der Waals surface area (Å²) >= 11 is 0. The van der Waals surface area contributed by atoms with Gasteiger partial charge in [0.1, 0.15) is 11.4 Å². The summed E-state index contributed by atoms with van der Waals surface area (Å²) in [5, 5.41) is 0.954. The molecule has 0 bridgehead atoms. The van der Waals surface area contributed by atoms with Crippen LogP contribution < -0.4 is 9.80 Å². The first kappa shape index (κ1) is 18.2. The Bertz CT molecular complexity index is 1040. The highest BCUT2D eigenvalue weighted by atomic mass is 19.1. The van der Waals surface area contributed by atoms with Crippen LogP contribution in [-0.2, 0) is 11.2 Å². The van der Waals surface area contributed by atoms with Gasteiger partial charge in [0.25, 0.3) is 0 Å². The lowest BCUT2D eigenvalue weighted by molar-refractivity contribution is -0.118. The number of furan rings is 1. The molecule has 6 heteroatoms. The van der Waals surface area contributed by atoms with Crippen molar-refractivity contribution in [1.82, 2.24) is 4.90 Å². The summed E-state index contributed by atoms with van der Waals surface area (Å²) in [4.78, 5) is 19.0. The van der Waals surface area contributed by atoms with Crippen LogP contribution in [0.25, 0.3) is 11.0 Å². The maximum absolute atomic E-state index is 14.0. The SMILES string of the molecule is O=C1CCc2ccccc2N1CCN1CCN(c2cc(F)cc3occc23)CC1. The molecule has 0 aliphatic carbocycles. The predicted octanol–water partition coefficient (Wildman–Crippen LogP) is 3.67. The monoisotopic (exact) mass is 393 g/mol. The molecule has 0 unspecified atom stereocenters. The Morgan fingerprint density at radius 2 is 1.76 bits per heavy atom. The minimum absolute atomic E-state index is 0.212. The molecule has 0 radical (unpaired) electrons. The number of carbonyl (C=O) groups is 1. The van der Waals surface area contributed by atoms with E-state index in [1.807, 2.05) is 29.2 Å². The second-order valence-electron chi connectivity index (χ2n) is 7.76. The van der Waals surface area contributed by atoms with Gasteiger partial charge in [-0.15, -0.1) is 0 Å². The van der Waals surface area contributed by atoms with Crippen LogP contribution >= 0.6 is 0 Å². The highest BCUT2D eigenvalue weighted by molar-refractivity contribution is 5.96. The van der Waals surface area contributed by atoms with Crippen LogP contribution in [0.5, 0.6) is 0 Å². The van der Waals surface area contributed by atoms with Crippen LogP contribution in [0.15, 0.2) is 53.1 Å². The van der Waals surface area contributed by atoms with Crippen molar-refractivity contribution in [2.45, 2.75) is 12.8 Å². The molecule has 5 nitrogen and oxygen atoms in total. The van der Waals surface area contributed by atoms with E-state index in [0.29, 0.717) is 18.5 Å². The van der Waals surface area contributed by atoms with Crippen LogP contribution in [-0.4, -0.2) is 50.1 Å². The first-order chi connectivity index (χ1) is 14.2. The fourth-order valence-electron chi connectivity index (χ4n) is 4.48. The van der Waals surface area contributed by atoms with Crippen molar-refractivity contribution in [2.24, 2.45) is 0 Å². The van der Waals surface area contributed by atoms with Crippen LogP contribution in [0.2, 0.25) is 0 Å². The van der Waals surface area contributed by atoms with Gasteiger partial charge in [-0.2, -0.15) is 0 Å². The summed E-state index contributed by atoms with van der Waals surface area (Å²) in [6.07, 6.45) is 3.03. The van der Waals surface area contributed by atoms with E-state index in [1.165, 1.54) is 11.6 Å². The van der Waals surface area contributed by atoms with E-state index in [4.69, 9.17) is 4.42 Å². The average Bonchev–Trinajstić information content (AvgIpc) is 3.21. The number of hydrogen-bond acceptors (Lipinski definition) is 4. The molecule has 5 rings (SSSR count). The number of anilines is 2. The number of fused-ring (bicyclic) bond motifs is 2. The third-order valence-corrected chi connectivity index (χ3v) is 6.06. The van der Waals surface area contributed by atoms with Gasteiger partial charge in [-0.05, 0) is 30.2 Å². The number of benzene rings is 2. The zero-order valence-corrected chi connectivity index (χ0v) is 16.3. The Labute approximate surface area is 169 Å². The molecule has 0 spiro atoms. The number of nitrogens with zero attached hydrogens (tertiary/aromatic N) is 3. The second-order valence-corrected chi connectivity index (χ2v) is 7.76. The van der Waals surface area contributed by atoms with Crippen molar-refractivity contribution < 1.29 is 13.6 Å². The van der Waals surface area contributed by atoms with Crippen molar-refractivity contribution in [2.75, 3.05) is 49.1 Å². The first-order valence-electron chi connectivity index (χ1n) is 10.2. The first-order valence-corrected chi connectivity index (χ1v) is 10.2. The lowest BCUT2D eigenvalue weighted by atomic mass is 10.0. The summed E-state index contributed by atoms with van der Waals surface area (Å²) in [5.41, 5.74) is 3.80. The smallest absolute Gasteiger partial charge is 0.227 e. The fourth-order valence-corrected chi connectivity index (χ4v) is 4.48. The Hall–Kier alpha value is -2.86. The number of carbonyl (C=O) groups excluding carboxylic acids is 1. The fraction of sp³-hybridized carbons (Fsp3) is 0.348. The van der Waals surface area contributed by atoms with Gasteiger partial charge < -0.3 is 14.2 Å². The number of rotatable bonds is 4. The van der Waals surface area contributed by atoms with Crippen molar-refractivity contribution in [3.05, 3.63) is 60.1 Å². The minimum Gasteiger partial charge on any atom is -0.464 e. The summed E-state index contributed by atoms with van der Waals surface area (Å²) < 4.78 is 19.3. The van der Waals surface area contributed by atoms with Gasteiger partial charge in [0.2, 0.25) is 5.91 Å². The van der Waals surface area contributed by atoms with E-state index in [-0.39, 0.29) is 11.7 Å². The molecule has 2 aliphatic rings. The van der Waals surface area contributed by atoms with E-state index >= 15 is 0 Å². The van der Waals surface area contributed by atoms with E-state index in [9.17, 15) is 9.18 Å². The molecule has 0 N–H and O–H groups in total. The summed E-state index contributed by atoms with van der Waals surface area (Å²) in [5.74, 6) is -0.0587. The second kappa shape index (κ2) is 7.52. The van der Waals surface area contributed by atoms with Gasteiger partial charge in [-0.3, -0.25) is 9.69 Å². The molecular weight excluding hydrogens is 369 g/mol. The molecule has 3 heterocycles. The highest BCUT2D eigenvalue weighted by Gasteiger charge is 2.25. The van der Waals surface area contributed by atoms with E-state index in [0.717, 1.165) is 55.9 Å². The van der Waals surface area contributed by atoms with Gasteiger partial charge in [0.15, 0.2) is 0 Å². The van der Waals surface area contributed by atoms with Crippen LogP contribution in [0.1, 0.15) is 12.0 Å². The van der Waals surface area contributed by atoms with Crippen LogP contribution in [0.4, 0.5) is 15.8 Å².